The zero-order valence-corrected chi connectivity index (χ0v) is 19.4. The Morgan fingerprint density at radius 1 is 1.06 bits per heavy atom. The van der Waals surface area contributed by atoms with Crippen LogP contribution in [-0.2, 0) is 23.1 Å². The summed E-state index contributed by atoms with van der Waals surface area (Å²) in [7, 11) is -0.950. The highest BCUT2D eigenvalue weighted by Crippen LogP contribution is 2.32. The maximum Gasteiger partial charge on any atom is 0.253 e. The number of nitrogens with one attached hydrogen (secondary N) is 1. The highest BCUT2D eigenvalue weighted by atomic mass is 32.2. The van der Waals surface area contributed by atoms with E-state index in [1.807, 2.05) is 0 Å². The fraction of sp³-hybridized carbons (Fsp3) is 0.208. The molecular weight excluding hydrogens is 463 g/mol. The molecule has 4 rings (SSSR count). The number of sulfonamides is 1. The third-order valence-electron chi connectivity index (χ3n) is 5.28. The lowest BCUT2D eigenvalue weighted by molar-refractivity contribution is 0.0784. The Bertz CT molecular complexity index is 1330. The van der Waals surface area contributed by atoms with Crippen LogP contribution < -0.4 is 18.9 Å². The number of fused-ring (bicyclic) bond motifs is 1. The van der Waals surface area contributed by atoms with Gasteiger partial charge >= 0.3 is 0 Å². The molecule has 0 fully saturated rings. The molecular formula is C24H23FN2O6S. The SMILES string of the molecule is COc1ccc(CN(C)C(=O)c2cccc(S(=O)(=O)NCc3ccc4c(c3)OCO4)c2)cc1F. The first-order valence-corrected chi connectivity index (χ1v) is 11.8. The topological polar surface area (TPSA) is 94.2 Å². The van der Waals surface area contributed by atoms with Crippen molar-refractivity contribution in [3.63, 3.8) is 0 Å². The minimum absolute atomic E-state index is 0.0389. The Morgan fingerprint density at radius 3 is 2.59 bits per heavy atom. The first-order valence-electron chi connectivity index (χ1n) is 10.3. The van der Waals surface area contributed by atoms with Gasteiger partial charge in [0, 0.05) is 25.7 Å². The lowest BCUT2D eigenvalue weighted by atomic mass is 10.1. The van der Waals surface area contributed by atoms with Gasteiger partial charge in [-0.15, -0.1) is 0 Å². The van der Waals surface area contributed by atoms with Crippen LogP contribution in [0.4, 0.5) is 4.39 Å². The van der Waals surface area contributed by atoms with Crippen LogP contribution in [0.3, 0.4) is 0 Å². The molecule has 0 spiro atoms. The van der Waals surface area contributed by atoms with Crippen LogP contribution in [0.15, 0.2) is 65.6 Å². The number of hydrogen-bond acceptors (Lipinski definition) is 6. The summed E-state index contributed by atoms with van der Waals surface area (Å²) in [5.41, 5.74) is 1.47. The molecule has 1 amide bonds. The summed E-state index contributed by atoms with van der Waals surface area (Å²) in [6, 6.07) is 15.4. The summed E-state index contributed by atoms with van der Waals surface area (Å²) in [5, 5.41) is 0. The number of amides is 1. The number of benzene rings is 3. The fourth-order valence-electron chi connectivity index (χ4n) is 3.48. The summed E-state index contributed by atoms with van der Waals surface area (Å²) in [6.45, 7) is 0.312. The Hall–Kier alpha value is -3.63. The van der Waals surface area contributed by atoms with Gasteiger partial charge in [0.1, 0.15) is 0 Å². The lowest BCUT2D eigenvalue weighted by Gasteiger charge is -2.18. The first-order chi connectivity index (χ1) is 16.3. The van der Waals surface area contributed by atoms with Gasteiger partial charge in [0.2, 0.25) is 16.8 Å². The number of nitrogens with zero attached hydrogens (tertiary/aromatic N) is 1. The highest BCUT2D eigenvalue weighted by Gasteiger charge is 2.19. The Kier molecular flexibility index (Phi) is 6.71. The van der Waals surface area contributed by atoms with Gasteiger partial charge in [0.25, 0.3) is 5.91 Å². The fourth-order valence-corrected chi connectivity index (χ4v) is 4.55. The number of carbonyl (C=O) groups is 1. The minimum atomic E-state index is -3.88. The molecule has 3 aromatic carbocycles. The van der Waals surface area contributed by atoms with Crippen LogP contribution in [0.1, 0.15) is 21.5 Å². The van der Waals surface area contributed by atoms with Crippen molar-refractivity contribution in [1.82, 2.24) is 9.62 Å². The molecule has 0 aliphatic carbocycles. The van der Waals surface area contributed by atoms with Crippen LogP contribution in [0.5, 0.6) is 17.2 Å². The van der Waals surface area contributed by atoms with Gasteiger partial charge in [-0.3, -0.25) is 4.79 Å². The smallest absolute Gasteiger partial charge is 0.253 e. The van der Waals surface area contributed by atoms with Crippen molar-refractivity contribution in [2.75, 3.05) is 21.0 Å². The number of halogens is 1. The van der Waals surface area contributed by atoms with E-state index in [9.17, 15) is 17.6 Å². The second-order valence-electron chi connectivity index (χ2n) is 7.67. The van der Waals surface area contributed by atoms with Gasteiger partial charge in [-0.25, -0.2) is 17.5 Å². The first kappa shape index (κ1) is 23.5. The van der Waals surface area contributed by atoms with Gasteiger partial charge in [-0.2, -0.15) is 0 Å². The molecule has 0 saturated carbocycles. The van der Waals surface area contributed by atoms with Gasteiger partial charge < -0.3 is 19.1 Å². The van der Waals surface area contributed by atoms with E-state index in [0.29, 0.717) is 22.6 Å². The molecule has 0 aromatic heterocycles. The molecule has 34 heavy (non-hydrogen) atoms. The highest BCUT2D eigenvalue weighted by molar-refractivity contribution is 7.89. The molecule has 1 aliphatic heterocycles. The van der Waals surface area contributed by atoms with Crippen molar-refractivity contribution in [2.45, 2.75) is 18.0 Å². The van der Waals surface area contributed by atoms with Crippen molar-refractivity contribution in [2.24, 2.45) is 0 Å². The van der Waals surface area contributed by atoms with Crippen LogP contribution in [0.25, 0.3) is 0 Å². The van der Waals surface area contributed by atoms with E-state index in [1.165, 1.54) is 48.4 Å². The maximum absolute atomic E-state index is 14.0. The van der Waals surface area contributed by atoms with Gasteiger partial charge in [-0.05, 0) is 53.6 Å². The van der Waals surface area contributed by atoms with Crippen LogP contribution in [0.2, 0.25) is 0 Å². The number of carbonyl (C=O) groups excluding carboxylic acids is 1. The van der Waals surface area contributed by atoms with Crippen molar-refractivity contribution in [3.05, 3.63) is 83.2 Å². The molecule has 1 N–H and O–H groups in total. The summed E-state index contributed by atoms with van der Waals surface area (Å²) >= 11 is 0. The zero-order valence-electron chi connectivity index (χ0n) is 18.6. The predicted molar refractivity (Wildman–Crippen MR) is 122 cm³/mol. The quantitative estimate of drug-likeness (QED) is 0.525. The summed E-state index contributed by atoms with van der Waals surface area (Å²) in [6.07, 6.45) is 0. The molecule has 8 nitrogen and oxygen atoms in total. The second-order valence-corrected chi connectivity index (χ2v) is 9.44. The van der Waals surface area contributed by atoms with Crippen molar-refractivity contribution in [3.8, 4) is 17.2 Å². The Labute approximate surface area is 196 Å². The van der Waals surface area contributed by atoms with E-state index in [1.54, 1.807) is 31.3 Å². The van der Waals surface area contributed by atoms with E-state index >= 15 is 0 Å². The average molecular weight is 487 g/mol. The number of ether oxygens (including phenoxy) is 3. The molecule has 1 heterocycles. The number of methoxy groups -OCH3 is 1. The third kappa shape index (κ3) is 5.13. The standard InChI is InChI=1S/C24H23FN2O6S/c1-27(14-17-7-8-21(31-2)20(25)10-17)24(28)18-4-3-5-19(12-18)34(29,30)26-13-16-6-9-22-23(11-16)33-15-32-22/h3-12,26H,13-15H2,1-2H3. The number of rotatable bonds is 8. The van der Waals surface area contributed by atoms with E-state index < -0.39 is 21.7 Å². The van der Waals surface area contributed by atoms with Crippen molar-refractivity contribution in [1.29, 1.82) is 0 Å². The molecule has 10 heteroatoms. The average Bonchev–Trinajstić information content (AvgIpc) is 3.30. The van der Waals surface area contributed by atoms with Crippen LogP contribution in [0, 0.1) is 5.82 Å². The third-order valence-corrected chi connectivity index (χ3v) is 6.68. The lowest BCUT2D eigenvalue weighted by Crippen LogP contribution is -2.27. The Balaban J connectivity index is 1.44. The van der Waals surface area contributed by atoms with E-state index in [0.717, 1.165) is 0 Å². The van der Waals surface area contributed by atoms with Crippen LogP contribution in [-0.4, -0.2) is 40.2 Å². The molecule has 0 bridgehead atoms. The van der Waals surface area contributed by atoms with Crippen LogP contribution >= 0.6 is 0 Å². The summed E-state index contributed by atoms with van der Waals surface area (Å²) in [5.74, 6) is 0.360. The number of hydrogen-bond donors (Lipinski definition) is 1. The molecule has 3 aromatic rings. The molecule has 1 aliphatic rings. The van der Waals surface area contributed by atoms with E-state index in [2.05, 4.69) is 4.72 Å². The Morgan fingerprint density at radius 2 is 1.82 bits per heavy atom. The minimum Gasteiger partial charge on any atom is -0.494 e. The van der Waals surface area contributed by atoms with Crippen molar-refractivity contribution < 1.29 is 31.8 Å². The van der Waals surface area contributed by atoms with Gasteiger partial charge in [0.05, 0.1) is 12.0 Å². The van der Waals surface area contributed by atoms with Gasteiger partial charge in [-0.1, -0.05) is 18.2 Å². The van der Waals surface area contributed by atoms with E-state index in [4.69, 9.17) is 14.2 Å². The monoisotopic (exact) mass is 486 g/mol. The van der Waals surface area contributed by atoms with E-state index in [-0.39, 0.29) is 36.1 Å². The predicted octanol–water partition coefficient (Wildman–Crippen LogP) is 3.31. The maximum atomic E-state index is 14.0. The zero-order chi connectivity index (χ0) is 24.3. The normalized spacial score (nSPS) is 12.4. The second kappa shape index (κ2) is 9.70. The largest absolute Gasteiger partial charge is 0.494 e. The van der Waals surface area contributed by atoms with Crippen molar-refractivity contribution >= 4 is 15.9 Å². The molecule has 0 unspecified atom stereocenters. The summed E-state index contributed by atoms with van der Waals surface area (Å²) in [4.78, 5) is 14.2. The molecule has 0 saturated heterocycles. The summed E-state index contributed by atoms with van der Waals surface area (Å²) < 4.78 is 57.6. The molecule has 0 atom stereocenters. The van der Waals surface area contributed by atoms with Gasteiger partial charge in [0.15, 0.2) is 23.1 Å². The molecule has 0 radical (unpaired) electrons. The molecule has 178 valence electrons.